The molecule has 0 amide bonds. The molecule has 0 fully saturated rings. The van der Waals surface area contributed by atoms with Gasteiger partial charge in [-0.25, -0.2) is 0 Å². The highest BCUT2D eigenvalue weighted by Crippen LogP contribution is 2.29. The Morgan fingerprint density at radius 1 is 0.875 bits per heavy atom. The summed E-state index contributed by atoms with van der Waals surface area (Å²) in [6.07, 6.45) is 1.88. The Morgan fingerprint density at radius 3 is 2.21 bits per heavy atom. The van der Waals surface area contributed by atoms with E-state index in [0.29, 0.717) is 0 Å². The van der Waals surface area contributed by atoms with E-state index in [1.54, 1.807) is 0 Å². The fourth-order valence-corrected chi connectivity index (χ4v) is 2.82. The van der Waals surface area contributed by atoms with Gasteiger partial charge in [0.25, 0.3) is 0 Å². The zero-order valence-corrected chi connectivity index (χ0v) is 14.5. The molecule has 2 heteroatoms. The number of aliphatic hydroxyl groups excluding tert-OH is 1. The summed E-state index contributed by atoms with van der Waals surface area (Å²) in [6.45, 7) is 6.68. The van der Waals surface area contributed by atoms with E-state index in [9.17, 15) is 5.11 Å². The third kappa shape index (κ3) is 3.39. The molecule has 0 spiro atoms. The molecule has 0 saturated carbocycles. The van der Waals surface area contributed by atoms with Crippen LogP contribution in [-0.2, 0) is 12.0 Å². The Hall–Kier alpha value is -2.45. The third-order valence-electron chi connectivity index (χ3n) is 4.31. The highest BCUT2D eigenvalue weighted by molar-refractivity contribution is 5.71. The van der Waals surface area contributed by atoms with Gasteiger partial charge in [0.1, 0.15) is 0 Å². The predicted octanol–water partition coefficient (Wildman–Crippen LogP) is 5.21. The molecule has 0 saturated heterocycles. The number of pyridine rings is 1. The van der Waals surface area contributed by atoms with Gasteiger partial charge in [0.2, 0.25) is 0 Å². The first-order chi connectivity index (χ1) is 11.5. The lowest BCUT2D eigenvalue weighted by Crippen LogP contribution is -2.11. The second-order valence-electron chi connectivity index (χ2n) is 7.07. The molecule has 0 bridgehead atoms. The number of hydrogen-bond acceptors (Lipinski definition) is 2. The maximum Gasteiger partial charge on any atom is 0.0704 e. The largest absolute Gasteiger partial charge is 0.392 e. The smallest absolute Gasteiger partial charge is 0.0704 e. The monoisotopic (exact) mass is 317 g/mol. The van der Waals surface area contributed by atoms with E-state index in [1.165, 1.54) is 5.56 Å². The summed E-state index contributed by atoms with van der Waals surface area (Å²) >= 11 is 0. The van der Waals surface area contributed by atoms with Crippen LogP contribution in [-0.4, -0.2) is 10.1 Å². The lowest BCUT2D eigenvalue weighted by atomic mass is 9.87. The second-order valence-corrected chi connectivity index (χ2v) is 7.07. The van der Waals surface area contributed by atoms with Crippen LogP contribution in [0.2, 0.25) is 0 Å². The fraction of sp³-hybridized carbons (Fsp3) is 0.227. The molecule has 1 heterocycles. The first-order valence-electron chi connectivity index (χ1n) is 8.25. The molecule has 2 nitrogen and oxygen atoms in total. The summed E-state index contributed by atoms with van der Waals surface area (Å²) in [5.41, 5.74) is 6.60. The Bertz CT molecular complexity index is 829. The van der Waals surface area contributed by atoms with Gasteiger partial charge in [-0.1, -0.05) is 69.3 Å². The minimum atomic E-state index is 0.0487. The van der Waals surface area contributed by atoms with E-state index < -0.39 is 0 Å². The van der Waals surface area contributed by atoms with Crippen molar-refractivity contribution in [2.45, 2.75) is 32.8 Å². The van der Waals surface area contributed by atoms with Crippen molar-refractivity contribution in [3.8, 4) is 22.4 Å². The van der Waals surface area contributed by atoms with Gasteiger partial charge in [-0.05, 0) is 39.8 Å². The summed E-state index contributed by atoms with van der Waals surface area (Å²) in [5.74, 6) is 0. The van der Waals surface area contributed by atoms with Crippen molar-refractivity contribution >= 4 is 0 Å². The minimum Gasteiger partial charge on any atom is -0.392 e. The van der Waals surface area contributed by atoms with E-state index in [0.717, 1.165) is 27.9 Å². The third-order valence-corrected chi connectivity index (χ3v) is 4.31. The first kappa shape index (κ1) is 16.4. The van der Waals surface area contributed by atoms with Crippen molar-refractivity contribution in [3.63, 3.8) is 0 Å². The zero-order valence-electron chi connectivity index (χ0n) is 14.5. The number of rotatable bonds is 3. The quantitative estimate of drug-likeness (QED) is 0.719. The standard InChI is InChI=1S/C22H23NO/c1-22(2,3)19-12-13-23-21(14-19)17-10-8-16(9-11-17)20-7-5-4-6-18(20)15-24/h4-14,24H,15H2,1-3H3. The van der Waals surface area contributed by atoms with E-state index in [1.807, 2.05) is 30.5 Å². The van der Waals surface area contributed by atoms with Gasteiger partial charge < -0.3 is 5.11 Å². The molecule has 1 N–H and O–H groups in total. The molecule has 0 unspecified atom stereocenters. The average Bonchev–Trinajstić information content (AvgIpc) is 2.61. The molecule has 0 radical (unpaired) electrons. The molecule has 0 aliphatic carbocycles. The highest BCUT2D eigenvalue weighted by atomic mass is 16.3. The van der Waals surface area contributed by atoms with E-state index in [2.05, 4.69) is 62.2 Å². The van der Waals surface area contributed by atoms with Crippen LogP contribution in [0.3, 0.4) is 0 Å². The Labute approximate surface area is 143 Å². The normalized spacial score (nSPS) is 11.5. The predicted molar refractivity (Wildman–Crippen MR) is 99.7 cm³/mol. The van der Waals surface area contributed by atoms with Crippen molar-refractivity contribution < 1.29 is 5.11 Å². The van der Waals surface area contributed by atoms with Crippen LogP contribution in [0, 0.1) is 0 Å². The number of hydrogen-bond donors (Lipinski definition) is 1. The molecule has 122 valence electrons. The number of aromatic nitrogens is 1. The lowest BCUT2D eigenvalue weighted by molar-refractivity contribution is 0.282. The van der Waals surface area contributed by atoms with Crippen LogP contribution in [0.4, 0.5) is 0 Å². The van der Waals surface area contributed by atoms with Gasteiger partial charge in [-0.3, -0.25) is 4.98 Å². The van der Waals surface area contributed by atoms with Crippen LogP contribution < -0.4 is 0 Å². The van der Waals surface area contributed by atoms with Gasteiger partial charge >= 0.3 is 0 Å². The molecule has 0 aliphatic rings. The van der Waals surface area contributed by atoms with Gasteiger partial charge in [-0.15, -0.1) is 0 Å². The van der Waals surface area contributed by atoms with Crippen molar-refractivity contribution in [2.24, 2.45) is 0 Å². The highest BCUT2D eigenvalue weighted by Gasteiger charge is 2.14. The molecule has 2 aromatic carbocycles. The fourth-order valence-electron chi connectivity index (χ4n) is 2.82. The summed E-state index contributed by atoms with van der Waals surface area (Å²) in [4.78, 5) is 4.52. The molecular weight excluding hydrogens is 294 g/mol. The SMILES string of the molecule is CC(C)(C)c1ccnc(-c2ccc(-c3ccccc3CO)cc2)c1. The maximum absolute atomic E-state index is 9.51. The number of benzene rings is 2. The van der Waals surface area contributed by atoms with Crippen molar-refractivity contribution in [2.75, 3.05) is 0 Å². The van der Waals surface area contributed by atoms with Gasteiger partial charge in [0.05, 0.1) is 12.3 Å². The van der Waals surface area contributed by atoms with Crippen molar-refractivity contribution in [1.29, 1.82) is 0 Å². The summed E-state index contributed by atoms with van der Waals surface area (Å²) in [7, 11) is 0. The van der Waals surface area contributed by atoms with E-state index in [4.69, 9.17) is 0 Å². The average molecular weight is 317 g/mol. The second kappa shape index (κ2) is 6.58. The van der Waals surface area contributed by atoms with Crippen LogP contribution in [0.1, 0.15) is 31.9 Å². The summed E-state index contributed by atoms with van der Waals surface area (Å²) in [5, 5.41) is 9.51. The van der Waals surface area contributed by atoms with Crippen LogP contribution in [0.15, 0.2) is 66.9 Å². The van der Waals surface area contributed by atoms with E-state index >= 15 is 0 Å². The molecule has 24 heavy (non-hydrogen) atoms. The Kier molecular flexibility index (Phi) is 4.50. The van der Waals surface area contributed by atoms with Crippen molar-refractivity contribution in [3.05, 3.63) is 78.0 Å². The van der Waals surface area contributed by atoms with Gasteiger partial charge in [0, 0.05) is 11.8 Å². The van der Waals surface area contributed by atoms with Gasteiger partial charge in [-0.2, -0.15) is 0 Å². The summed E-state index contributed by atoms with van der Waals surface area (Å²) in [6, 6.07) is 20.6. The van der Waals surface area contributed by atoms with Crippen LogP contribution in [0.5, 0.6) is 0 Å². The maximum atomic E-state index is 9.51. The number of aliphatic hydroxyl groups is 1. The van der Waals surface area contributed by atoms with Crippen LogP contribution in [0.25, 0.3) is 22.4 Å². The van der Waals surface area contributed by atoms with Crippen molar-refractivity contribution in [1.82, 2.24) is 4.98 Å². The van der Waals surface area contributed by atoms with Gasteiger partial charge in [0.15, 0.2) is 0 Å². The number of nitrogens with zero attached hydrogens (tertiary/aromatic N) is 1. The molecular formula is C22H23NO. The topological polar surface area (TPSA) is 33.1 Å². The molecule has 0 aliphatic heterocycles. The first-order valence-corrected chi connectivity index (χ1v) is 8.25. The molecule has 0 atom stereocenters. The Balaban J connectivity index is 1.96. The zero-order chi connectivity index (χ0) is 17.2. The minimum absolute atomic E-state index is 0.0487. The molecule has 1 aromatic heterocycles. The van der Waals surface area contributed by atoms with Crippen LogP contribution >= 0.6 is 0 Å². The lowest BCUT2D eigenvalue weighted by Gasteiger charge is -2.19. The van der Waals surface area contributed by atoms with E-state index in [-0.39, 0.29) is 12.0 Å². The molecule has 3 aromatic rings. The molecule has 3 rings (SSSR count). The Morgan fingerprint density at radius 2 is 1.54 bits per heavy atom. The summed E-state index contributed by atoms with van der Waals surface area (Å²) < 4.78 is 0.